The van der Waals surface area contributed by atoms with E-state index in [1.807, 2.05) is 73.7 Å². The van der Waals surface area contributed by atoms with Gasteiger partial charge in [0, 0.05) is 27.4 Å². The van der Waals surface area contributed by atoms with E-state index in [2.05, 4.69) is 16.0 Å². The fourth-order valence-corrected chi connectivity index (χ4v) is 5.87. The number of ketones is 1. The van der Waals surface area contributed by atoms with Gasteiger partial charge in [-0.3, -0.25) is 19.2 Å². The largest absolute Gasteiger partial charge is 0.489 e. The first-order valence-corrected chi connectivity index (χ1v) is 17.0. The number of nitrogens with one attached hydrogen (secondary N) is 3. The molecule has 0 aliphatic rings. The van der Waals surface area contributed by atoms with E-state index in [1.165, 1.54) is 18.7 Å². The molecule has 0 aromatic heterocycles. The van der Waals surface area contributed by atoms with E-state index in [4.69, 9.17) is 4.74 Å². The fraction of sp³-hybridized carbons (Fsp3) is 0.122. The Bertz CT molecular complexity index is 1960. The molecule has 0 aliphatic carbocycles. The van der Waals surface area contributed by atoms with Crippen LogP contribution in [0.1, 0.15) is 52.1 Å². The summed E-state index contributed by atoms with van der Waals surface area (Å²) in [6, 6.07) is 39.7. The van der Waals surface area contributed by atoms with Gasteiger partial charge < -0.3 is 20.7 Å². The normalized spacial score (nSPS) is 11.6. The van der Waals surface area contributed by atoms with Crippen molar-refractivity contribution in [3.8, 4) is 5.75 Å². The molecule has 5 aromatic carbocycles. The lowest BCUT2D eigenvalue weighted by Gasteiger charge is -2.16. The lowest BCUT2D eigenvalue weighted by Crippen LogP contribution is -2.30. The maximum absolute atomic E-state index is 13.7. The van der Waals surface area contributed by atoms with E-state index < -0.39 is 17.1 Å². The zero-order valence-corrected chi connectivity index (χ0v) is 28.5. The minimum Gasteiger partial charge on any atom is -0.489 e. The lowest BCUT2D eigenvalue weighted by molar-refractivity contribution is -0.116. The van der Waals surface area contributed by atoms with Crippen molar-refractivity contribution in [2.75, 3.05) is 10.6 Å². The first kappa shape index (κ1) is 35.4. The van der Waals surface area contributed by atoms with Gasteiger partial charge in [0.1, 0.15) is 18.1 Å². The van der Waals surface area contributed by atoms with Gasteiger partial charge in [0.05, 0.1) is 5.25 Å². The van der Waals surface area contributed by atoms with Gasteiger partial charge >= 0.3 is 0 Å². The molecule has 9 heteroatoms. The zero-order chi connectivity index (χ0) is 35.3. The standard InChI is InChI=1S/C41H37N3O5S/c1-3-38(41(48)42-33-21-19-31(20-22-33)28(2)45)50-36-16-10-15-34(26-36)43-40(47)37(44-39(46)32-13-8-5-9-14-32)25-29-17-23-35(24-18-29)49-27-30-11-6-4-7-12-30/h4-26,38H,3,27H2,1-2H3,(H,42,48)(H,43,47)(H,44,46)/b37-25-. The van der Waals surface area contributed by atoms with Crippen molar-refractivity contribution in [3.63, 3.8) is 0 Å². The monoisotopic (exact) mass is 683 g/mol. The van der Waals surface area contributed by atoms with Gasteiger partial charge in [-0.05, 0) is 97.3 Å². The zero-order valence-electron chi connectivity index (χ0n) is 27.7. The number of anilines is 2. The van der Waals surface area contributed by atoms with Crippen LogP contribution in [0.15, 0.2) is 144 Å². The summed E-state index contributed by atoms with van der Waals surface area (Å²) in [7, 11) is 0. The summed E-state index contributed by atoms with van der Waals surface area (Å²) in [6.45, 7) is 3.85. The third-order valence-corrected chi connectivity index (χ3v) is 8.92. The SMILES string of the molecule is CCC(Sc1cccc(NC(=O)/C(=C/c2ccc(OCc3ccccc3)cc2)NC(=O)c2ccccc2)c1)C(=O)Nc1ccc(C(C)=O)cc1. The summed E-state index contributed by atoms with van der Waals surface area (Å²) in [5.41, 5.74) is 3.87. The molecule has 0 bridgehead atoms. The summed E-state index contributed by atoms with van der Waals surface area (Å²) in [6.07, 6.45) is 2.17. The molecule has 0 aliphatic heterocycles. The average Bonchev–Trinajstić information content (AvgIpc) is 3.14. The van der Waals surface area contributed by atoms with E-state index in [0.717, 1.165) is 10.5 Å². The number of Topliss-reactive ketones (excluding diaryl/α,β-unsaturated/α-hetero) is 1. The van der Waals surface area contributed by atoms with Crippen LogP contribution in [0.3, 0.4) is 0 Å². The highest BCUT2D eigenvalue weighted by molar-refractivity contribution is 8.00. The van der Waals surface area contributed by atoms with Crippen LogP contribution < -0.4 is 20.7 Å². The molecule has 1 atom stereocenters. The summed E-state index contributed by atoms with van der Waals surface area (Å²) in [5.74, 6) is -0.485. The number of ether oxygens (including phenoxy) is 1. The van der Waals surface area contributed by atoms with Crippen molar-refractivity contribution in [2.24, 2.45) is 0 Å². The van der Waals surface area contributed by atoms with Gasteiger partial charge in [-0.1, -0.05) is 73.7 Å². The summed E-state index contributed by atoms with van der Waals surface area (Å²) in [4.78, 5) is 52.3. The van der Waals surface area contributed by atoms with E-state index in [9.17, 15) is 19.2 Å². The molecular weight excluding hydrogens is 647 g/mol. The Balaban J connectivity index is 1.28. The van der Waals surface area contributed by atoms with E-state index in [1.54, 1.807) is 72.8 Å². The lowest BCUT2D eigenvalue weighted by atomic mass is 10.1. The van der Waals surface area contributed by atoms with Crippen LogP contribution in [-0.4, -0.2) is 28.8 Å². The van der Waals surface area contributed by atoms with Crippen molar-refractivity contribution in [2.45, 2.75) is 37.0 Å². The third kappa shape index (κ3) is 10.3. The molecule has 1 unspecified atom stereocenters. The third-order valence-electron chi connectivity index (χ3n) is 7.56. The van der Waals surface area contributed by atoms with E-state index in [0.29, 0.717) is 46.8 Å². The van der Waals surface area contributed by atoms with Crippen molar-refractivity contribution in [3.05, 3.63) is 161 Å². The molecule has 0 heterocycles. The predicted octanol–water partition coefficient (Wildman–Crippen LogP) is 8.39. The smallest absolute Gasteiger partial charge is 0.272 e. The highest BCUT2D eigenvalue weighted by atomic mass is 32.2. The molecule has 0 spiro atoms. The van der Waals surface area contributed by atoms with Crippen LogP contribution in [0.4, 0.5) is 11.4 Å². The maximum atomic E-state index is 13.7. The number of amides is 3. The Morgan fingerprint density at radius 3 is 2.06 bits per heavy atom. The second-order valence-electron chi connectivity index (χ2n) is 11.3. The first-order valence-electron chi connectivity index (χ1n) is 16.1. The van der Waals surface area contributed by atoms with Crippen molar-refractivity contribution >= 4 is 52.7 Å². The Morgan fingerprint density at radius 2 is 1.40 bits per heavy atom. The van der Waals surface area contributed by atoms with Crippen molar-refractivity contribution in [1.82, 2.24) is 5.32 Å². The predicted molar refractivity (Wildman–Crippen MR) is 199 cm³/mol. The molecule has 8 nitrogen and oxygen atoms in total. The van der Waals surface area contributed by atoms with Crippen molar-refractivity contribution in [1.29, 1.82) is 0 Å². The quantitative estimate of drug-likeness (QED) is 0.0616. The molecule has 0 radical (unpaired) electrons. The van der Waals surface area contributed by atoms with Gasteiger partial charge in [0.15, 0.2) is 5.78 Å². The highest BCUT2D eigenvalue weighted by Crippen LogP contribution is 2.29. The van der Waals surface area contributed by atoms with Crippen LogP contribution in [0.25, 0.3) is 6.08 Å². The van der Waals surface area contributed by atoms with Gasteiger partial charge in [0.2, 0.25) is 5.91 Å². The van der Waals surface area contributed by atoms with Crippen LogP contribution in [-0.2, 0) is 16.2 Å². The van der Waals surface area contributed by atoms with Crippen LogP contribution >= 0.6 is 11.8 Å². The minimum absolute atomic E-state index is 0.0445. The van der Waals surface area contributed by atoms with Crippen LogP contribution in [0.5, 0.6) is 5.75 Å². The molecule has 0 saturated carbocycles. The Hall–Kier alpha value is -5.93. The van der Waals surface area contributed by atoms with Crippen LogP contribution in [0.2, 0.25) is 0 Å². The first-order chi connectivity index (χ1) is 24.3. The molecule has 3 amide bonds. The van der Waals surface area contributed by atoms with Gasteiger partial charge in [-0.15, -0.1) is 11.8 Å². The Kier molecular flexibility index (Phi) is 12.4. The number of carbonyl (C=O) groups excluding carboxylic acids is 4. The summed E-state index contributed by atoms with van der Waals surface area (Å²) >= 11 is 1.37. The molecule has 5 aromatic rings. The van der Waals surface area contributed by atoms with Crippen molar-refractivity contribution < 1.29 is 23.9 Å². The molecule has 252 valence electrons. The van der Waals surface area contributed by atoms with Gasteiger partial charge in [0.25, 0.3) is 11.8 Å². The van der Waals surface area contributed by atoms with Gasteiger partial charge in [-0.2, -0.15) is 0 Å². The second kappa shape index (κ2) is 17.5. The summed E-state index contributed by atoms with van der Waals surface area (Å²) < 4.78 is 5.90. The number of carbonyl (C=O) groups is 4. The van der Waals surface area contributed by atoms with Crippen LogP contribution in [0, 0.1) is 0 Å². The topological polar surface area (TPSA) is 114 Å². The van der Waals surface area contributed by atoms with Gasteiger partial charge in [-0.25, -0.2) is 0 Å². The minimum atomic E-state index is -0.514. The number of hydrogen-bond acceptors (Lipinski definition) is 6. The van der Waals surface area contributed by atoms with E-state index >= 15 is 0 Å². The molecule has 5 rings (SSSR count). The molecule has 50 heavy (non-hydrogen) atoms. The number of rotatable bonds is 14. The average molecular weight is 684 g/mol. The summed E-state index contributed by atoms with van der Waals surface area (Å²) in [5, 5.41) is 8.17. The molecule has 0 saturated heterocycles. The molecular formula is C41H37N3O5S. The number of hydrogen-bond donors (Lipinski definition) is 3. The Morgan fingerprint density at radius 1 is 0.720 bits per heavy atom. The fourth-order valence-electron chi connectivity index (χ4n) is 4.85. The molecule has 3 N–H and O–H groups in total. The molecule has 0 fully saturated rings. The Labute approximate surface area is 296 Å². The highest BCUT2D eigenvalue weighted by Gasteiger charge is 2.20. The maximum Gasteiger partial charge on any atom is 0.272 e. The second-order valence-corrected chi connectivity index (χ2v) is 12.6. The number of thioether (sulfide) groups is 1. The van der Waals surface area contributed by atoms with E-state index in [-0.39, 0.29) is 17.4 Å². The number of benzene rings is 5.